The Kier molecular flexibility index (Phi) is 3.92. The van der Waals surface area contributed by atoms with Crippen LogP contribution in [0.25, 0.3) is 0 Å². The molecule has 0 amide bonds. The van der Waals surface area contributed by atoms with E-state index >= 15 is 0 Å². The van der Waals surface area contributed by atoms with Crippen LogP contribution in [0.15, 0.2) is 12.3 Å². The fraction of sp³-hybridized carbons (Fsp3) is 0.500. The molecule has 1 N–H and O–H groups in total. The summed E-state index contributed by atoms with van der Waals surface area (Å²) in [6, 6.07) is 3.47. The van der Waals surface area contributed by atoms with E-state index in [0.717, 1.165) is 19.4 Å². The van der Waals surface area contributed by atoms with Gasteiger partial charge in [-0.1, -0.05) is 0 Å². The molecule has 7 heteroatoms. The molecule has 1 unspecified atom stereocenters. The zero-order valence-corrected chi connectivity index (χ0v) is 10.7. The molecule has 0 saturated carbocycles. The summed E-state index contributed by atoms with van der Waals surface area (Å²) in [5.74, 6) is 0.226. The summed E-state index contributed by atoms with van der Waals surface area (Å²) in [5.41, 5.74) is 0.0370. The first kappa shape index (κ1) is 13.2. The molecule has 7 nitrogen and oxygen atoms in total. The predicted octanol–water partition coefficient (Wildman–Crippen LogP) is 1.37. The van der Waals surface area contributed by atoms with Gasteiger partial charge in [-0.2, -0.15) is 5.26 Å². The molecule has 1 aromatic rings. The van der Waals surface area contributed by atoms with E-state index in [0.29, 0.717) is 12.6 Å². The second kappa shape index (κ2) is 5.63. The van der Waals surface area contributed by atoms with Gasteiger partial charge in [0.25, 0.3) is 0 Å². The molecule has 1 aromatic heterocycles. The molecule has 1 saturated heterocycles. The molecule has 100 valence electrons. The Morgan fingerprint density at radius 1 is 1.74 bits per heavy atom. The number of hydrogen-bond acceptors (Lipinski definition) is 6. The number of nitrogens with zero attached hydrogens (tertiary/aromatic N) is 4. The lowest BCUT2D eigenvalue weighted by Gasteiger charge is -2.19. The predicted molar refractivity (Wildman–Crippen MR) is 69.7 cm³/mol. The fourth-order valence-corrected chi connectivity index (χ4v) is 2.24. The Bertz CT molecular complexity index is 525. The van der Waals surface area contributed by atoms with E-state index in [4.69, 9.17) is 5.26 Å². The number of likely N-dealkylation sites (tertiary alicyclic amines) is 1. The largest absolute Gasteiger partial charge is 0.363 e. The fourth-order valence-electron chi connectivity index (χ4n) is 2.24. The molecule has 0 spiro atoms. The van der Waals surface area contributed by atoms with Crippen molar-refractivity contribution in [3.05, 3.63) is 27.9 Å². The first-order valence-electron chi connectivity index (χ1n) is 6.10. The lowest BCUT2D eigenvalue weighted by atomic mass is 10.2. The van der Waals surface area contributed by atoms with E-state index in [-0.39, 0.29) is 17.1 Å². The molecule has 1 atom stereocenters. The van der Waals surface area contributed by atoms with Gasteiger partial charge in [-0.3, -0.25) is 10.1 Å². The minimum absolute atomic E-state index is 0.153. The van der Waals surface area contributed by atoms with Gasteiger partial charge in [0.1, 0.15) is 6.07 Å². The van der Waals surface area contributed by atoms with Gasteiger partial charge in [-0.25, -0.2) is 4.98 Å². The summed E-state index contributed by atoms with van der Waals surface area (Å²) in [6.07, 6.45) is 3.56. The maximum absolute atomic E-state index is 11.0. The molecular weight excluding hydrogens is 246 g/mol. The molecule has 2 rings (SSSR count). The minimum Gasteiger partial charge on any atom is -0.363 e. The van der Waals surface area contributed by atoms with E-state index in [9.17, 15) is 10.1 Å². The van der Waals surface area contributed by atoms with Crippen molar-refractivity contribution in [2.24, 2.45) is 0 Å². The topological polar surface area (TPSA) is 95.1 Å². The monoisotopic (exact) mass is 261 g/mol. The van der Waals surface area contributed by atoms with E-state index in [1.165, 1.54) is 12.3 Å². The molecule has 0 aromatic carbocycles. The first-order valence-corrected chi connectivity index (χ1v) is 6.10. The molecular formula is C12H15N5O2. The maximum atomic E-state index is 11.0. The zero-order valence-electron chi connectivity index (χ0n) is 10.7. The summed E-state index contributed by atoms with van der Waals surface area (Å²) in [7, 11) is 2.04. The average molecular weight is 261 g/mol. The van der Waals surface area contributed by atoms with E-state index in [1.54, 1.807) is 0 Å². The van der Waals surface area contributed by atoms with E-state index in [2.05, 4.69) is 15.2 Å². The van der Waals surface area contributed by atoms with Crippen molar-refractivity contribution in [3.63, 3.8) is 0 Å². The van der Waals surface area contributed by atoms with Crippen LogP contribution in [0.3, 0.4) is 0 Å². The van der Waals surface area contributed by atoms with Crippen molar-refractivity contribution in [3.8, 4) is 6.07 Å². The Morgan fingerprint density at radius 2 is 2.53 bits per heavy atom. The first-order chi connectivity index (χ1) is 9.11. The van der Waals surface area contributed by atoms with E-state index < -0.39 is 4.92 Å². The van der Waals surface area contributed by atoms with Gasteiger partial charge < -0.3 is 10.2 Å². The second-order valence-corrected chi connectivity index (χ2v) is 4.62. The van der Waals surface area contributed by atoms with Gasteiger partial charge in [0.05, 0.1) is 10.5 Å². The van der Waals surface area contributed by atoms with Crippen molar-refractivity contribution in [2.75, 3.05) is 25.5 Å². The van der Waals surface area contributed by atoms with Gasteiger partial charge in [-0.15, -0.1) is 0 Å². The Morgan fingerprint density at radius 3 is 3.11 bits per heavy atom. The molecule has 1 fully saturated rings. The Balaban J connectivity index is 2.11. The number of pyridine rings is 1. The van der Waals surface area contributed by atoms with Gasteiger partial charge in [0.2, 0.25) is 5.82 Å². The van der Waals surface area contributed by atoms with Crippen LogP contribution in [-0.2, 0) is 0 Å². The third-order valence-corrected chi connectivity index (χ3v) is 3.37. The van der Waals surface area contributed by atoms with Crippen LogP contribution in [0.2, 0.25) is 0 Å². The molecule has 1 aliphatic heterocycles. The molecule has 0 aliphatic carbocycles. The minimum atomic E-state index is -0.519. The number of nitriles is 1. The van der Waals surface area contributed by atoms with Crippen LogP contribution in [-0.4, -0.2) is 41.0 Å². The standard InChI is InChI=1S/C12H15N5O2/c1-16-4-2-3-10(16)8-15-12-11(17(18)19)5-9(6-13)7-14-12/h5,7,10H,2-4,8H2,1H3,(H,14,15). The van der Waals surface area contributed by atoms with Crippen molar-refractivity contribution in [1.82, 2.24) is 9.88 Å². The van der Waals surface area contributed by atoms with Crippen molar-refractivity contribution in [2.45, 2.75) is 18.9 Å². The number of likely N-dealkylation sites (N-methyl/N-ethyl adjacent to an activating group) is 1. The zero-order chi connectivity index (χ0) is 13.8. The number of nitrogens with one attached hydrogen (secondary N) is 1. The molecule has 0 bridgehead atoms. The van der Waals surface area contributed by atoms with Crippen molar-refractivity contribution < 1.29 is 4.92 Å². The molecule has 2 heterocycles. The highest BCUT2D eigenvalue weighted by atomic mass is 16.6. The third kappa shape index (κ3) is 2.98. The summed E-state index contributed by atoms with van der Waals surface area (Å²) < 4.78 is 0. The highest BCUT2D eigenvalue weighted by molar-refractivity contribution is 5.58. The molecule has 0 radical (unpaired) electrons. The van der Waals surface area contributed by atoms with Crippen molar-refractivity contribution in [1.29, 1.82) is 5.26 Å². The number of anilines is 1. The highest BCUT2D eigenvalue weighted by Gasteiger charge is 2.22. The quantitative estimate of drug-likeness (QED) is 0.649. The third-order valence-electron chi connectivity index (χ3n) is 3.37. The summed E-state index contributed by atoms with van der Waals surface area (Å²) >= 11 is 0. The Hall–Kier alpha value is -2.20. The van der Waals surface area contributed by atoms with E-state index in [1.807, 2.05) is 13.1 Å². The van der Waals surface area contributed by atoms with Crippen LogP contribution in [0, 0.1) is 21.4 Å². The number of aromatic nitrogens is 1. The van der Waals surface area contributed by atoms with Gasteiger partial charge in [0, 0.05) is 24.8 Å². The summed E-state index contributed by atoms with van der Waals surface area (Å²) in [4.78, 5) is 16.6. The van der Waals surface area contributed by atoms with Crippen LogP contribution in [0.4, 0.5) is 11.5 Å². The maximum Gasteiger partial charge on any atom is 0.312 e. The van der Waals surface area contributed by atoms with Gasteiger partial charge in [0.15, 0.2) is 0 Å². The van der Waals surface area contributed by atoms with Crippen LogP contribution in [0.5, 0.6) is 0 Å². The van der Waals surface area contributed by atoms with Gasteiger partial charge >= 0.3 is 5.69 Å². The lowest BCUT2D eigenvalue weighted by Crippen LogP contribution is -2.31. The summed E-state index contributed by atoms with van der Waals surface area (Å²) in [5, 5.41) is 22.7. The number of nitro groups is 1. The van der Waals surface area contributed by atoms with Gasteiger partial charge in [-0.05, 0) is 26.4 Å². The van der Waals surface area contributed by atoms with Crippen LogP contribution < -0.4 is 5.32 Å². The lowest BCUT2D eigenvalue weighted by molar-refractivity contribution is -0.384. The second-order valence-electron chi connectivity index (χ2n) is 4.62. The normalized spacial score (nSPS) is 19.1. The highest BCUT2D eigenvalue weighted by Crippen LogP contribution is 2.23. The number of rotatable bonds is 4. The summed E-state index contributed by atoms with van der Waals surface area (Å²) in [6.45, 7) is 1.67. The molecule has 1 aliphatic rings. The van der Waals surface area contributed by atoms with Crippen LogP contribution in [0.1, 0.15) is 18.4 Å². The Labute approximate surface area is 111 Å². The average Bonchev–Trinajstić information content (AvgIpc) is 2.81. The molecule has 19 heavy (non-hydrogen) atoms. The SMILES string of the molecule is CN1CCCC1CNc1ncc(C#N)cc1[N+](=O)[O-]. The smallest absolute Gasteiger partial charge is 0.312 e. The van der Waals surface area contributed by atoms with Crippen LogP contribution >= 0.6 is 0 Å². The van der Waals surface area contributed by atoms with Crippen molar-refractivity contribution >= 4 is 11.5 Å². The number of hydrogen-bond donors (Lipinski definition) is 1.